The zero-order valence-corrected chi connectivity index (χ0v) is 16.7. The van der Waals surface area contributed by atoms with Gasteiger partial charge in [0, 0.05) is 29.7 Å². The van der Waals surface area contributed by atoms with E-state index in [4.69, 9.17) is 4.74 Å². The van der Waals surface area contributed by atoms with E-state index in [1.165, 1.54) is 6.42 Å². The van der Waals surface area contributed by atoms with Crippen LogP contribution in [0.15, 0.2) is 22.7 Å². The lowest BCUT2D eigenvalue weighted by Gasteiger charge is -2.39. The minimum absolute atomic E-state index is 0. The summed E-state index contributed by atoms with van der Waals surface area (Å²) in [6.07, 6.45) is 3.56. The third-order valence-electron chi connectivity index (χ3n) is 4.93. The summed E-state index contributed by atoms with van der Waals surface area (Å²) in [5.41, 5.74) is 1.13. The highest BCUT2D eigenvalue weighted by atomic mass is 79.9. The number of piperidine rings is 1. The molecule has 1 aromatic rings. The second-order valence-electron chi connectivity index (χ2n) is 7.06. The quantitative estimate of drug-likeness (QED) is 0.811. The Balaban J connectivity index is 0.00000208. The molecule has 1 spiro atoms. The topological polar surface area (TPSA) is 41.6 Å². The van der Waals surface area contributed by atoms with E-state index in [9.17, 15) is 4.79 Å². The number of benzene rings is 1. The average Bonchev–Trinajstić information content (AvgIpc) is 2.94. The number of hydrogen-bond donors (Lipinski definition) is 1. The van der Waals surface area contributed by atoms with Crippen molar-refractivity contribution in [2.75, 3.05) is 26.2 Å². The standard InChI is InChI=1S/C18H25BrN2O2.ClH/c1-13(2)23-16-10-14(9-15(19)11-16)17(22)21-7-4-18(5-8-21)3-6-20-12-18;/h9-11,13,20H,3-8,12H2,1-2H3;1H. The summed E-state index contributed by atoms with van der Waals surface area (Å²) in [5, 5.41) is 3.47. The van der Waals surface area contributed by atoms with Gasteiger partial charge < -0.3 is 15.0 Å². The first-order chi connectivity index (χ1) is 11.0. The smallest absolute Gasteiger partial charge is 0.254 e. The molecule has 2 aliphatic rings. The maximum atomic E-state index is 12.8. The zero-order valence-electron chi connectivity index (χ0n) is 14.3. The highest BCUT2D eigenvalue weighted by Crippen LogP contribution is 2.37. The van der Waals surface area contributed by atoms with Crippen LogP contribution >= 0.6 is 28.3 Å². The Morgan fingerprint density at radius 3 is 2.54 bits per heavy atom. The van der Waals surface area contributed by atoms with Gasteiger partial charge in [-0.2, -0.15) is 0 Å². The van der Waals surface area contributed by atoms with Crippen molar-refractivity contribution in [1.29, 1.82) is 0 Å². The van der Waals surface area contributed by atoms with Crippen LogP contribution in [0.5, 0.6) is 5.75 Å². The molecule has 2 fully saturated rings. The van der Waals surface area contributed by atoms with Gasteiger partial charge in [0.2, 0.25) is 0 Å². The van der Waals surface area contributed by atoms with Gasteiger partial charge in [0.05, 0.1) is 6.10 Å². The lowest BCUT2D eigenvalue weighted by Crippen LogP contribution is -2.44. The van der Waals surface area contributed by atoms with E-state index in [1.54, 1.807) is 0 Å². The highest BCUT2D eigenvalue weighted by molar-refractivity contribution is 9.10. The Hall–Kier alpha value is -0.780. The predicted octanol–water partition coefficient (Wildman–Crippen LogP) is 3.87. The number of rotatable bonds is 3. The first-order valence-corrected chi connectivity index (χ1v) is 9.24. The van der Waals surface area contributed by atoms with Gasteiger partial charge in [0.25, 0.3) is 5.91 Å². The van der Waals surface area contributed by atoms with E-state index in [1.807, 2.05) is 36.9 Å². The number of carbonyl (C=O) groups excluding carboxylic acids is 1. The molecule has 24 heavy (non-hydrogen) atoms. The van der Waals surface area contributed by atoms with Crippen molar-refractivity contribution in [2.45, 2.75) is 39.2 Å². The van der Waals surface area contributed by atoms with Gasteiger partial charge in [0.15, 0.2) is 0 Å². The summed E-state index contributed by atoms with van der Waals surface area (Å²) in [4.78, 5) is 14.8. The molecule has 2 heterocycles. The summed E-state index contributed by atoms with van der Waals surface area (Å²) in [5.74, 6) is 0.854. The Morgan fingerprint density at radius 2 is 1.96 bits per heavy atom. The summed E-state index contributed by atoms with van der Waals surface area (Å²) < 4.78 is 6.62. The van der Waals surface area contributed by atoms with Gasteiger partial charge in [-0.1, -0.05) is 15.9 Å². The first kappa shape index (κ1) is 19.5. The number of likely N-dealkylation sites (tertiary alicyclic amines) is 1. The average molecular weight is 418 g/mol. The Kier molecular flexibility index (Phi) is 6.57. The van der Waals surface area contributed by atoms with Gasteiger partial charge >= 0.3 is 0 Å². The molecule has 6 heteroatoms. The monoisotopic (exact) mass is 416 g/mol. The second-order valence-corrected chi connectivity index (χ2v) is 7.98. The fourth-order valence-electron chi connectivity index (χ4n) is 3.62. The third-order valence-corrected chi connectivity index (χ3v) is 5.39. The van der Waals surface area contributed by atoms with Crippen LogP contribution in [0.1, 0.15) is 43.5 Å². The molecule has 1 N–H and O–H groups in total. The van der Waals surface area contributed by atoms with Crippen molar-refractivity contribution < 1.29 is 9.53 Å². The fraction of sp³-hybridized carbons (Fsp3) is 0.611. The van der Waals surface area contributed by atoms with E-state index in [-0.39, 0.29) is 24.4 Å². The molecule has 0 radical (unpaired) electrons. The van der Waals surface area contributed by atoms with Crippen LogP contribution in [0.4, 0.5) is 0 Å². The molecule has 2 saturated heterocycles. The zero-order chi connectivity index (χ0) is 16.4. The Labute approximate surface area is 158 Å². The van der Waals surface area contributed by atoms with Gasteiger partial charge in [-0.15, -0.1) is 12.4 Å². The van der Waals surface area contributed by atoms with E-state index >= 15 is 0 Å². The maximum absolute atomic E-state index is 12.8. The van der Waals surface area contributed by atoms with Crippen LogP contribution < -0.4 is 10.1 Å². The molecule has 1 aromatic carbocycles. The molecule has 0 aromatic heterocycles. The molecule has 4 nitrogen and oxygen atoms in total. The fourth-order valence-corrected chi connectivity index (χ4v) is 4.09. The number of amides is 1. The maximum Gasteiger partial charge on any atom is 0.254 e. The van der Waals surface area contributed by atoms with Crippen LogP contribution in [-0.2, 0) is 0 Å². The Morgan fingerprint density at radius 1 is 1.25 bits per heavy atom. The molecule has 1 amide bonds. The molecule has 134 valence electrons. The van der Waals surface area contributed by atoms with Gasteiger partial charge in [-0.3, -0.25) is 4.79 Å². The van der Waals surface area contributed by atoms with Crippen molar-refractivity contribution in [3.8, 4) is 5.75 Å². The first-order valence-electron chi connectivity index (χ1n) is 8.45. The molecule has 0 atom stereocenters. The number of carbonyl (C=O) groups is 1. The highest BCUT2D eigenvalue weighted by Gasteiger charge is 2.38. The van der Waals surface area contributed by atoms with E-state index < -0.39 is 0 Å². The second kappa shape index (κ2) is 8.07. The van der Waals surface area contributed by atoms with Gasteiger partial charge in [-0.05, 0) is 63.3 Å². The van der Waals surface area contributed by atoms with Crippen molar-refractivity contribution in [3.05, 3.63) is 28.2 Å². The number of halogens is 2. The predicted molar refractivity (Wildman–Crippen MR) is 102 cm³/mol. The molecule has 0 unspecified atom stereocenters. The van der Waals surface area contributed by atoms with Gasteiger partial charge in [0.1, 0.15) is 5.75 Å². The number of hydrogen-bond acceptors (Lipinski definition) is 3. The largest absolute Gasteiger partial charge is 0.491 e. The van der Waals surface area contributed by atoms with Crippen molar-refractivity contribution >= 4 is 34.2 Å². The lowest BCUT2D eigenvalue weighted by molar-refractivity contribution is 0.0607. The molecule has 0 saturated carbocycles. The molecule has 2 aliphatic heterocycles. The SMILES string of the molecule is CC(C)Oc1cc(Br)cc(C(=O)N2CCC3(CCNC3)CC2)c1.Cl. The molecule has 3 rings (SSSR count). The molecular weight excluding hydrogens is 392 g/mol. The van der Waals surface area contributed by atoms with E-state index in [0.717, 1.165) is 49.2 Å². The normalized spacial score (nSPS) is 19.4. The summed E-state index contributed by atoms with van der Waals surface area (Å²) in [6, 6.07) is 5.65. The third kappa shape index (κ3) is 4.44. The number of ether oxygens (including phenoxy) is 1. The number of nitrogens with one attached hydrogen (secondary N) is 1. The minimum Gasteiger partial charge on any atom is -0.491 e. The summed E-state index contributed by atoms with van der Waals surface area (Å²) in [6.45, 7) is 7.92. The number of nitrogens with zero attached hydrogens (tertiary/aromatic N) is 1. The van der Waals surface area contributed by atoms with Crippen LogP contribution in [0.2, 0.25) is 0 Å². The van der Waals surface area contributed by atoms with Crippen LogP contribution in [0.25, 0.3) is 0 Å². The van der Waals surface area contributed by atoms with Crippen LogP contribution in [-0.4, -0.2) is 43.1 Å². The van der Waals surface area contributed by atoms with Crippen molar-refractivity contribution in [1.82, 2.24) is 10.2 Å². The molecule has 0 aliphatic carbocycles. The van der Waals surface area contributed by atoms with Crippen molar-refractivity contribution in [3.63, 3.8) is 0 Å². The van der Waals surface area contributed by atoms with Crippen molar-refractivity contribution in [2.24, 2.45) is 5.41 Å². The molecule has 0 bridgehead atoms. The van der Waals surface area contributed by atoms with E-state index in [2.05, 4.69) is 21.2 Å². The van der Waals surface area contributed by atoms with Gasteiger partial charge in [-0.25, -0.2) is 0 Å². The minimum atomic E-state index is 0. The van der Waals surface area contributed by atoms with E-state index in [0.29, 0.717) is 11.0 Å². The Bertz CT molecular complexity index is 578. The molecular formula is C18H26BrClN2O2. The summed E-state index contributed by atoms with van der Waals surface area (Å²) in [7, 11) is 0. The summed E-state index contributed by atoms with van der Waals surface area (Å²) >= 11 is 3.48. The van der Waals surface area contributed by atoms with Crippen LogP contribution in [0.3, 0.4) is 0 Å². The lowest BCUT2D eigenvalue weighted by atomic mass is 9.78. The van der Waals surface area contributed by atoms with Crippen LogP contribution in [0, 0.1) is 5.41 Å².